The van der Waals surface area contributed by atoms with Crippen LogP contribution in [-0.2, 0) is 33.0 Å². The number of nitrogens with zero attached hydrogens (tertiary/aromatic N) is 3. The zero-order chi connectivity index (χ0) is 35.1. The Morgan fingerprint density at radius 1 is 0.792 bits per heavy atom. The number of urea groups is 1. The first-order valence-electron chi connectivity index (χ1n) is 15.5. The van der Waals surface area contributed by atoms with E-state index in [0.717, 1.165) is 69.9 Å². The van der Waals surface area contributed by atoms with E-state index in [4.69, 9.17) is 9.54 Å². The van der Waals surface area contributed by atoms with Gasteiger partial charge in [0.1, 0.15) is 11.3 Å². The standard InChI is InChI=1S/C28H33N5O3S.C7H8O3S/c1-5-6-7-26-31-27-21(4)30-20(3)18-25(27)33(26)23-12-10-22(11-13-23)16-17-29-28(34)32-37(35,36)24-14-8-19(2)9-15-24;1-6-2-4-7(5-3-6)11(8,9)10/h8-15,18H,5-7,16-17H2,1-4H3,(H2,29,32,34);2-5H,1H3,(H,8,9,10). The first kappa shape index (κ1) is 36.2. The number of hydrogen-bond acceptors (Lipinski definition) is 7. The molecule has 0 radical (unpaired) electrons. The van der Waals surface area contributed by atoms with Crippen LogP contribution in [0.2, 0.25) is 0 Å². The molecule has 0 unspecified atom stereocenters. The molecule has 0 atom stereocenters. The van der Waals surface area contributed by atoms with E-state index in [2.05, 4.69) is 44.7 Å². The number of carbonyl (C=O) groups excluding carboxylic acids is 1. The van der Waals surface area contributed by atoms with E-state index in [9.17, 15) is 21.6 Å². The van der Waals surface area contributed by atoms with Gasteiger partial charge >= 0.3 is 6.03 Å². The minimum absolute atomic E-state index is 0.0512. The highest BCUT2D eigenvalue weighted by Crippen LogP contribution is 2.25. The third kappa shape index (κ3) is 9.49. The predicted octanol–water partition coefficient (Wildman–Crippen LogP) is 6.16. The quantitative estimate of drug-likeness (QED) is 0.147. The van der Waals surface area contributed by atoms with Crippen LogP contribution in [0.25, 0.3) is 16.7 Å². The minimum Gasteiger partial charge on any atom is -0.337 e. The lowest BCUT2D eigenvalue weighted by atomic mass is 10.1. The van der Waals surface area contributed by atoms with Crippen molar-refractivity contribution in [3.8, 4) is 5.69 Å². The molecule has 13 heteroatoms. The fourth-order valence-electron chi connectivity index (χ4n) is 5.00. The summed E-state index contributed by atoms with van der Waals surface area (Å²) in [5.41, 5.74) is 7.81. The molecule has 5 aromatic rings. The average Bonchev–Trinajstić information content (AvgIpc) is 3.39. The van der Waals surface area contributed by atoms with Crippen LogP contribution < -0.4 is 10.0 Å². The van der Waals surface area contributed by atoms with Crippen LogP contribution in [0.4, 0.5) is 4.79 Å². The zero-order valence-electron chi connectivity index (χ0n) is 27.7. The van der Waals surface area contributed by atoms with E-state index in [1.165, 1.54) is 24.3 Å². The largest absolute Gasteiger partial charge is 0.337 e. The van der Waals surface area contributed by atoms with Gasteiger partial charge in [-0.25, -0.2) is 22.9 Å². The van der Waals surface area contributed by atoms with Crippen molar-refractivity contribution in [2.24, 2.45) is 0 Å². The van der Waals surface area contributed by atoms with Crippen LogP contribution in [-0.4, -0.2) is 48.5 Å². The van der Waals surface area contributed by atoms with Crippen LogP contribution in [0.15, 0.2) is 88.7 Å². The maximum Gasteiger partial charge on any atom is 0.328 e. The third-order valence-corrected chi connectivity index (χ3v) is 9.75. The Bertz CT molecular complexity index is 2090. The van der Waals surface area contributed by atoms with Gasteiger partial charge in [0.05, 0.1) is 21.0 Å². The summed E-state index contributed by atoms with van der Waals surface area (Å²) in [4.78, 5) is 21.7. The summed E-state index contributed by atoms with van der Waals surface area (Å²) in [6, 6.07) is 21.8. The second-order valence-electron chi connectivity index (χ2n) is 11.6. The Morgan fingerprint density at radius 2 is 1.38 bits per heavy atom. The molecule has 0 aliphatic carbocycles. The molecule has 3 N–H and O–H groups in total. The molecule has 0 aliphatic heterocycles. The van der Waals surface area contributed by atoms with Crippen LogP contribution in [0.5, 0.6) is 0 Å². The number of carbonyl (C=O) groups is 1. The number of rotatable bonds is 10. The lowest BCUT2D eigenvalue weighted by Crippen LogP contribution is -2.40. The van der Waals surface area contributed by atoms with Crippen molar-refractivity contribution in [2.45, 2.75) is 70.1 Å². The second-order valence-corrected chi connectivity index (χ2v) is 14.7. The molecule has 0 spiro atoms. The van der Waals surface area contributed by atoms with Gasteiger partial charge in [-0.2, -0.15) is 8.42 Å². The Balaban J connectivity index is 0.000000401. The lowest BCUT2D eigenvalue weighted by Gasteiger charge is -2.11. The van der Waals surface area contributed by atoms with Crippen LogP contribution >= 0.6 is 0 Å². The highest BCUT2D eigenvalue weighted by Gasteiger charge is 2.18. The molecule has 0 fully saturated rings. The number of aryl methyl sites for hydroxylation is 5. The SMILES string of the molecule is CCCCc1nc2c(C)nc(C)cc2n1-c1ccc(CCNC(=O)NS(=O)(=O)c2ccc(C)cc2)cc1.Cc1ccc(S(=O)(=O)O)cc1. The number of amides is 2. The first-order chi connectivity index (χ1) is 22.7. The van der Waals surface area contributed by atoms with Gasteiger partial charge in [-0.15, -0.1) is 0 Å². The number of fused-ring (bicyclic) bond motifs is 1. The Morgan fingerprint density at radius 3 is 1.94 bits per heavy atom. The third-order valence-electron chi connectivity index (χ3n) is 7.54. The van der Waals surface area contributed by atoms with E-state index < -0.39 is 26.2 Å². The van der Waals surface area contributed by atoms with Crippen molar-refractivity contribution < 1.29 is 26.2 Å². The Kier molecular flexibility index (Phi) is 11.7. The molecule has 11 nitrogen and oxygen atoms in total. The lowest BCUT2D eigenvalue weighted by molar-refractivity contribution is 0.246. The maximum atomic E-state index is 12.4. The summed E-state index contributed by atoms with van der Waals surface area (Å²) in [6.45, 7) is 10.2. The van der Waals surface area contributed by atoms with Gasteiger partial charge in [0.15, 0.2) is 0 Å². The molecule has 254 valence electrons. The number of benzene rings is 3. The van der Waals surface area contributed by atoms with E-state index in [0.29, 0.717) is 13.0 Å². The van der Waals surface area contributed by atoms with Gasteiger partial charge in [0, 0.05) is 24.3 Å². The predicted molar refractivity (Wildman–Crippen MR) is 187 cm³/mol. The van der Waals surface area contributed by atoms with Gasteiger partial charge in [-0.05, 0) is 88.6 Å². The van der Waals surface area contributed by atoms with Crippen molar-refractivity contribution in [2.75, 3.05) is 6.54 Å². The summed E-state index contributed by atoms with van der Waals surface area (Å²) in [5, 5.41) is 2.63. The Labute approximate surface area is 282 Å². The summed E-state index contributed by atoms with van der Waals surface area (Å²) >= 11 is 0. The fourth-order valence-corrected chi connectivity index (χ4v) is 6.40. The summed E-state index contributed by atoms with van der Waals surface area (Å²) in [5.74, 6) is 1.02. The molecule has 3 aromatic carbocycles. The molecular formula is C35H41N5O6S2. The Hall–Kier alpha value is -4.59. The number of imidazole rings is 1. The average molecular weight is 692 g/mol. The number of unbranched alkanes of at least 4 members (excludes halogenated alkanes) is 1. The van der Waals surface area contributed by atoms with E-state index in [-0.39, 0.29) is 9.79 Å². The highest BCUT2D eigenvalue weighted by atomic mass is 32.2. The highest BCUT2D eigenvalue weighted by molar-refractivity contribution is 7.90. The van der Waals surface area contributed by atoms with Crippen molar-refractivity contribution in [1.29, 1.82) is 0 Å². The number of aromatic nitrogens is 3. The second kappa shape index (κ2) is 15.5. The van der Waals surface area contributed by atoms with E-state index in [1.807, 2.05) is 39.8 Å². The molecule has 48 heavy (non-hydrogen) atoms. The van der Waals surface area contributed by atoms with E-state index >= 15 is 0 Å². The normalized spacial score (nSPS) is 11.5. The molecule has 0 saturated heterocycles. The fraction of sp³-hybridized carbons (Fsp3) is 0.286. The minimum atomic E-state index is -4.02. The zero-order valence-corrected chi connectivity index (χ0v) is 29.3. The first-order valence-corrected chi connectivity index (χ1v) is 18.5. The summed E-state index contributed by atoms with van der Waals surface area (Å²) in [6.07, 6.45) is 3.59. The van der Waals surface area contributed by atoms with Gasteiger partial charge in [-0.3, -0.25) is 14.1 Å². The maximum absolute atomic E-state index is 12.4. The van der Waals surface area contributed by atoms with Gasteiger partial charge in [0.2, 0.25) is 0 Å². The monoisotopic (exact) mass is 691 g/mol. The molecule has 0 aliphatic rings. The number of sulfonamides is 1. The van der Waals surface area contributed by atoms with Gasteiger partial charge in [-0.1, -0.05) is 60.9 Å². The topological polar surface area (TPSA) is 160 Å². The molecule has 2 heterocycles. The van der Waals surface area contributed by atoms with Gasteiger partial charge < -0.3 is 5.32 Å². The molecule has 0 bridgehead atoms. The summed E-state index contributed by atoms with van der Waals surface area (Å²) in [7, 11) is -7.93. The molecule has 5 rings (SSSR count). The van der Waals surface area contributed by atoms with Crippen molar-refractivity contribution in [1.82, 2.24) is 24.6 Å². The summed E-state index contributed by atoms with van der Waals surface area (Å²) < 4.78 is 58.6. The molecule has 2 amide bonds. The van der Waals surface area contributed by atoms with Crippen molar-refractivity contribution in [3.05, 3.63) is 113 Å². The van der Waals surface area contributed by atoms with Crippen molar-refractivity contribution in [3.63, 3.8) is 0 Å². The molecule has 0 saturated carbocycles. The van der Waals surface area contributed by atoms with Crippen molar-refractivity contribution >= 4 is 37.2 Å². The number of pyridine rings is 1. The van der Waals surface area contributed by atoms with Crippen LogP contribution in [0.1, 0.15) is 53.7 Å². The molecule has 2 aromatic heterocycles. The molecular weight excluding hydrogens is 651 g/mol. The van der Waals surface area contributed by atoms with E-state index in [1.54, 1.807) is 24.3 Å². The number of nitrogens with one attached hydrogen (secondary N) is 2. The van der Waals surface area contributed by atoms with Crippen LogP contribution in [0.3, 0.4) is 0 Å². The number of hydrogen-bond donors (Lipinski definition) is 3. The van der Waals surface area contributed by atoms with Gasteiger partial charge in [0.25, 0.3) is 20.1 Å². The van der Waals surface area contributed by atoms with Crippen LogP contribution in [0, 0.1) is 27.7 Å². The smallest absolute Gasteiger partial charge is 0.328 e.